The predicted octanol–water partition coefficient (Wildman–Crippen LogP) is 3.78. The van der Waals surface area contributed by atoms with Crippen molar-refractivity contribution in [2.45, 2.75) is 32.9 Å². The molecular weight excluding hydrogens is 414 g/mol. The Morgan fingerprint density at radius 3 is 2.64 bits per heavy atom. The van der Waals surface area contributed by atoms with Gasteiger partial charge in [0.15, 0.2) is 0 Å². The van der Waals surface area contributed by atoms with E-state index in [-0.39, 0.29) is 0 Å². The molecule has 0 unspecified atom stereocenters. The van der Waals surface area contributed by atoms with E-state index in [1.165, 1.54) is 0 Å². The number of aromatic nitrogens is 1. The lowest BCUT2D eigenvalue weighted by Gasteiger charge is -2.19. The molecule has 0 aliphatic carbocycles. The summed E-state index contributed by atoms with van der Waals surface area (Å²) in [5, 5.41) is 5.91. The topological polar surface area (TPSA) is 63.2 Å². The molecule has 0 aliphatic rings. The van der Waals surface area contributed by atoms with Crippen molar-refractivity contribution in [2.75, 3.05) is 13.1 Å². The summed E-state index contributed by atoms with van der Waals surface area (Å²) in [6, 6.07) is 1.96. The lowest BCUT2D eigenvalue weighted by Crippen LogP contribution is -2.32. The van der Waals surface area contributed by atoms with Crippen molar-refractivity contribution in [3.8, 4) is 0 Å². The molecule has 0 saturated heterocycles. The van der Waals surface area contributed by atoms with Crippen molar-refractivity contribution in [3.05, 3.63) is 39.1 Å². The number of nitrogens with zero attached hydrogens (tertiary/aromatic N) is 1. The molecule has 0 aliphatic heterocycles. The highest BCUT2D eigenvalue weighted by molar-refractivity contribution is 9.11. The van der Waals surface area contributed by atoms with Crippen LogP contribution in [0, 0.1) is 0 Å². The van der Waals surface area contributed by atoms with Crippen LogP contribution in [0.5, 0.6) is 0 Å². The zero-order valence-corrected chi connectivity index (χ0v) is 16.1. The van der Waals surface area contributed by atoms with Gasteiger partial charge in [0.05, 0.1) is 5.69 Å². The summed E-state index contributed by atoms with van der Waals surface area (Å²) in [6.07, 6.45) is 5.18. The van der Waals surface area contributed by atoms with Crippen molar-refractivity contribution in [1.29, 1.82) is 0 Å². The molecule has 5 nitrogen and oxygen atoms in total. The second kappa shape index (κ2) is 9.27. The normalized spacial score (nSPS) is 11.7. The van der Waals surface area contributed by atoms with Crippen LogP contribution in [0.3, 0.4) is 0 Å². The fourth-order valence-electron chi connectivity index (χ4n) is 1.47. The van der Waals surface area contributed by atoms with E-state index < -0.39 is 11.7 Å². The summed E-state index contributed by atoms with van der Waals surface area (Å²) in [4.78, 5) is 15.7. The molecule has 0 radical (unpaired) electrons. The number of halogens is 2. The van der Waals surface area contributed by atoms with E-state index in [9.17, 15) is 4.79 Å². The van der Waals surface area contributed by atoms with Crippen LogP contribution in [0.4, 0.5) is 4.79 Å². The second-order valence-electron chi connectivity index (χ2n) is 5.57. The monoisotopic (exact) mass is 433 g/mol. The number of rotatable bonds is 6. The van der Waals surface area contributed by atoms with Crippen molar-refractivity contribution in [1.82, 2.24) is 15.6 Å². The highest BCUT2D eigenvalue weighted by Crippen LogP contribution is 2.19. The molecule has 0 bridgehead atoms. The largest absolute Gasteiger partial charge is 0.444 e. The first-order valence-electron chi connectivity index (χ1n) is 6.90. The number of hydrogen-bond donors (Lipinski definition) is 2. The third-order valence-corrected chi connectivity index (χ3v) is 3.49. The number of amides is 1. The van der Waals surface area contributed by atoms with E-state index in [0.29, 0.717) is 19.6 Å². The van der Waals surface area contributed by atoms with Crippen LogP contribution < -0.4 is 10.6 Å². The SMILES string of the molecule is CC(C)(C)OC(=O)NC/C=C/CNCc1ncc(Br)cc1Br. The van der Waals surface area contributed by atoms with Gasteiger partial charge in [0.2, 0.25) is 0 Å². The van der Waals surface area contributed by atoms with Gasteiger partial charge in [-0.3, -0.25) is 4.98 Å². The minimum Gasteiger partial charge on any atom is -0.444 e. The molecule has 0 spiro atoms. The Labute approximate surface area is 148 Å². The number of alkyl carbamates (subject to hydrolysis) is 1. The first-order chi connectivity index (χ1) is 10.3. The number of hydrogen-bond acceptors (Lipinski definition) is 4. The summed E-state index contributed by atoms with van der Waals surface area (Å²) in [5.41, 5.74) is 0.476. The molecule has 0 fully saturated rings. The molecule has 1 aromatic rings. The van der Waals surface area contributed by atoms with Gasteiger partial charge < -0.3 is 15.4 Å². The lowest BCUT2D eigenvalue weighted by atomic mass is 10.2. The smallest absolute Gasteiger partial charge is 0.407 e. The van der Waals surface area contributed by atoms with Crippen molar-refractivity contribution < 1.29 is 9.53 Å². The van der Waals surface area contributed by atoms with Crippen molar-refractivity contribution in [2.24, 2.45) is 0 Å². The molecule has 0 saturated carbocycles. The van der Waals surface area contributed by atoms with E-state index in [4.69, 9.17) is 4.74 Å². The standard InChI is InChI=1S/C15H21Br2N3O2/c1-15(2,3)22-14(21)19-7-5-4-6-18-10-13-12(17)8-11(16)9-20-13/h4-5,8-9,18H,6-7,10H2,1-3H3,(H,19,21)/b5-4+. The molecule has 2 N–H and O–H groups in total. The van der Waals surface area contributed by atoms with Gasteiger partial charge in [0.1, 0.15) is 5.60 Å². The van der Waals surface area contributed by atoms with Gasteiger partial charge in [0.25, 0.3) is 0 Å². The first kappa shape index (κ1) is 19.1. The Balaban J connectivity index is 2.18. The zero-order chi connectivity index (χ0) is 16.6. The highest BCUT2D eigenvalue weighted by Gasteiger charge is 2.14. The van der Waals surface area contributed by atoms with Crippen LogP contribution in [0.25, 0.3) is 0 Å². The molecule has 1 rings (SSSR count). The van der Waals surface area contributed by atoms with E-state index in [0.717, 1.165) is 14.6 Å². The molecule has 7 heteroatoms. The Morgan fingerprint density at radius 2 is 2.00 bits per heavy atom. The molecule has 1 amide bonds. The average Bonchev–Trinajstić information content (AvgIpc) is 2.37. The summed E-state index contributed by atoms with van der Waals surface area (Å²) in [5.74, 6) is 0. The Kier molecular flexibility index (Phi) is 8.06. The van der Waals surface area contributed by atoms with Gasteiger partial charge >= 0.3 is 6.09 Å². The van der Waals surface area contributed by atoms with Gasteiger partial charge in [-0.2, -0.15) is 0 Å². The maximum atomic E-state index is 11.4. The number of nitrogens with one attached hydrogen (secondary N) is 2. The number of ether oxygens (including phenoxy) is 1. The first-order valence-corrected chi connectivity index (χ1v) is 8.49. The Morgan fingerprint density at radius 1 is 1.32 bits per heavy atom. The van der Waals surface area contributed by atoms with Gasteiger partial charge in [-0.1, -0.05) is 12.2 Å². The molecule has 1 aromatic heterocycles. The minimum atomic E-state index is -0.472. The average molecular weight is 435 g/mol. The van der Waals surface area contributed by atoms with E-state index in [2.05, 4.69) is 47.5 Å². The summed E-state index contributed by atoms with van der Waals surface area (Å²) in [6.45, 7) is 7.30. The summed E-state index contributed by atoms with van der Waals surface area (Å²) in [7, 11) is 0. The van der Waals surface area contributed by atoms with E-state index >= 15 is 0 Å². The molecule has 122 valence electrons. The number of pyridine rings is 1. The van der Waals surface area contributed by atoms with Crippen LogP contribution >= 0.6 is 31.9 Å². The minimum absolute atomic E-state index is 0.409. The number of carbonyl (C=O) groups is 1. The molecular formula is C15H21Br2N3O2. The zero-order valence-electron chi connectivity index (χ0n) is 13.0. The van der Waals surface area contributed by atoms with Crippen molar-refractivity contribution >= 4 is 38.0 Å². The lowest BCUT2D eigenvalue weighted by molar-refractivity contribution is 0.0534. The fourth-order valence-corrected chi connectivity index (χ4v) is 2.60. The van der Waals surface area contributed by atoms with Gasteiger partial charge in [0, 0.05) is 34.8 Å². The van der Waals surface area contributed by atoms with Gasteiger partial charge in [-0.05, 0) is 58.7 Å². The van der Waals surface area contributed by atoms with Gasteiger partial charge in [-0.15, -0.1) is 0 Å². The van der Waals surface area contributed by atoms with Crippen LogP contribution in [0.2, 0.25) is 0 Å². The summed E-state index contributed by atoms with van der Waals surface area (Å²) < 4.78 is 7.03. The van der Waals surface area contributed by atoms with Crippen LogP contribution in [0.1, 0.15) is 26.5 Å². The maximum Gasteiger partial charge on any atom is 0.407 e. The molecule has 0 aromatic carbocycles. The second-order valence-corrected chi connectivity index (χ2v) is 7.34. The third kappa shape index (κ3) is 8.51. The Hall–Kier alpha value is -0.920. The predicted molar refractivity (Wildman–Crippen MR) is 94.7 cm³/mol. The fraction of sp³-hybridized carbons (Fsp3) is 0.467. The Bertz CT molecular complexity index is 528. The third-order valence-electron chi connectivity index (χ3n) is 2.37. The number of carbonyl (C=O) groups excluding carboxylic acids is 1. The van der Waals surface area contributed by atoms with Crippen LogP contribution in [-0.4, -0.2) is 29.8 Å². The maximum absolute atomic E-state index is 11.4. The van der Waals surface area contributed by atoms with E-state index in [1.807, 2.05) is 39.0 Å². The van der Waals surface area contributed by atoms with Crippen LogP contribution in [0.15, 0.2) is 33.4 Å². The van der Waals surface area contributed by atoms with Crippen molar-refractivity contribution in [3.63, 3.8) is 0 Å². The molecule has 0 atom stereocenters. The molecule has 22 heavy (non-hydrogen) atoms. The summed E-state index contributed by atoms with van der Waals surface area (Å²) >= 11 is 6.84. The highest BCUT2D eigenvalue weighted by atomic mass is 79.9. The molecule has 1 heterocycles. The quantitative estimate of drug-likeness (QED) is 0.528. The van der Waals surface area contributed by atoms with Gasteiger partial charge in [-0.25, -0.2) is 4.79 Å². The van der Waals surface area contributed by atoms with Crippen LogP contribution in [-0.2, 0) is 11.3 Å². The van der Waals surface area contributed by atoms with E-state index in [1.54, 1.807) is 6.20 Å².